The second kappa shape index (κ2) is 8.50. The van der Waals surface area contributed by atoms with Crippen LogP contribution >= 0.6 is 0 Å². The summed E-state index contributed by atoms with van der Waals surface area (Å²) in [6, 6.07) is 20.0. The molecule has 2 aliphatic rings. The molecular weight excluding hydrogens is 432 g/mol. The van der Waals surface area contributed by atoms with Gasteiger partial charge in [0.25, 0.3) is 5.91 Å². The van der Waals surface area contributed by atoms with Gasteiger partial charge in [0.05, 0.1) is 31.6 Å². The van der Waals surface area contributed by atoms with Gasteiger partial charge in [0.2, 0.25) is 5.91 Å². The van der Waals surface area contributed by atoms with Gasteiger partial charge in [0.1, 0.15) is 17.4 Å². The molecule has 0 aromatic heterocycles. The standard InChI is InChI=1S/C27H26N2O5/c1-16-8-7-10-18(14-16)28-26(30)23-24(20-13-12-19(32-3)15-22(20)33-4)29(34-25(23)27(28)31)21-11-6-5-9-17(21)2/h5-15,23-25H,1-4H3/t23-,24-,25-/m1/s1. The molecule has 174 valence electrons. The maximum absolute atomic E-state index is 13.8. The predicted octanol–water partition coefficient (Wildman–Crippen LogP) is 4.37. The number of hydroxylamine groups is 1. The summed E-state index contributed by atoms with van der Waals surface area (Å²) in [6.07, 6.45) is -0.940. The summed E-state index contributed by atoms with van der Waals surface area (Å²) < 4.78 is 11.0. The van der Waals surface area contributed by atoms with Gasteiger partial charge in [-0.05, 0) is 55.3 Å². The molecule has 2 amide bonds. The zero-order chi connectivity index (χ0) is 24.0. The lowest BCUT2D eigenvalue weighted by molar-refractivity contribution is -0.126. The van der Waals surface area contributed by atoms with Gasteiger partial charge in [-0.2, -0.15) is 0 Å². The van der Waals surface area contributed by atoms with Gasteiger partial charge in [-0.15, -0.1) is 0 Å². The lowest BCUT2D eigenvalue weighted by atomic mass is 9.89. The normalized spacial score (nSPS) is 21.7. The molecule has 2 heterocycles. The van der Waals surface area contributed by atoms with E-state index in [0.717, 1.165) is 22.4 Å². The number of hydrogen-bond donors (Lipinski definition) is 0. The summed E-state index contributed by atoms with van der Waals surface area (Å²) in [5.74, 6) is -0.209. The van der Waals surface area contributed by atoms with Crippen molar-refractivity contribution in [2.24, 2.45) is 5.92 Å². The Hall–Kier alpha value is -3.84. The number of rotatable bonds is 5. The van der Waals surface area contributed by atoms with E-state index in [2.05, 4.69) is 0 Å². The minimum Gasteiger partial charge on any atom is -0.497 e. The number of aryl methyl sites for hydroxylation is 2. The van der Waals surface area contributed by atoms with Crippen LogP contribution in [0.2, 0.25) is 0 Å². The third kappa shape index (κ3) is 3.40. The molecule has 2 saturated heterocycles. The van der Waals surface area contributed by atoms with Crippen molar-refractivity contribution in [1.29, 1.82) is 0 Å². The third-order valence-corrected chi connectivity index (χ3v) is 6.49. The van der Waals surface area contributed by atoms with Crippen molar-refractivity contribution in [3.63, 3.8) is 0 Å². The van der Waals surface area contributed by atoms with Crippen LogP contribution in [0.1, 0.15) is 22.7 Å². The first-order valence-corrected chi connectivity index (χ1v) is 11.1. The number of imide groups is 1. The van der Waals surface area contributed by atoms with E-state index < -0.39 is 18.1 Å². The van der Waals surface area contributed by atoms with E-state index >= 15 is 0 Å². The number of hydrogen-bond acceptors (Lipinski definition) is 6. The smallest absolute Gasteiger partial charge is 0.266 e. The average Bonchev–Trinajstić information content (AvgIpc) is 3.34. The lowest BCUT2D eigenvalue weighted by Crippen LogP contribution is -2.37. The number of carbonyl (C=O) groups excluding carboxylic acids is 2. The number of amides is 2. The Balaban J connectivity index is 1.65. The molecule has 7 nitrogen and oxygen atoms in total. The molecule has 3 atom stereocenters. The van der Waals surface area contributed by atoms with E-state index in [0.29, 0.717) is 17.2 Å². The molecule has 3 aromatic carbocycles. The number of anilines is 2. The van der Waals surface area contributed by atoms with Crippen molar-refractivity contribution in [3.8, 4) is 11.5 Å². The molecule has 0 radical (unpaired) electrons. The van der Waals surface area contributed by atoms with Crippen LogP contribution in [0.25, 0.3) is 0 Å². The third-order valence-electron chi connectivity index (χ3n) is 6.49. The first-order valence-electron chi connectivity index (χ1n) is 11.1. The molecule has 2 fully saturated rings. The van der Waals surface area contributed by atoms with E-state index in [1.807, 2.05) is 68.4 Å². The number of ether oxygens (including phenoxy) is 2. The van der Waals surface area contributed by atoms with E-state index in [9.17, 15) is 9.59 Å². The highest BCUT2D eigenvalue weighted by atomic mass is 16.7. The van der Waals surface area contributed by atoms with Gasteiger partial charge in [-0.3, -0.25) is 14.4 Å². The zero-order valence-corrected chi connectivity index (χ0v) is 19.5. The van der Waals surface area contributed by atoms with Crippen molar-refractivity contribution >= 4 is 23.2 Å². The van der Waals surface area contributed by atoms with Gasteiger partial charge >= 0.3 is 0 Å². The van der Waals surface area contributed by atoms with E-state index in [1.54, 1.807) is 31.4 Å². The molecule has 3 aromatic rings. The Labute approximate surface area is 198 Å². The van der Waals surface area contributed by atoms with Crippen LogP contribution in [0.3, 0.4) is 0 Å². The molecule has 0 bridgehead atoms. The summed E-state index contributed by atoms with van der Waals surface area (Å²) in [7, 11) is 3.16. The minimum absolute atomic E-state index is 0.292. The van der Waals surface area contributed by atoms with Gasteiger partial charge in [-0.1, -0.05) is 30.3 Å². The Kier molecular flexibility index (Phi) is 5.49. The molecule has 0 unspecified atom stereocenters. The van der Waals surface area contributed by atoms with Gasteiger partial charge in [0, 0.05) is 11.6 Å². The fourth-order valence-corrected chi connectivity index (χ4v) is 4.83. The van der Waals surface area contributed by atoms with Gasteiger partial charge in [-0.25, -0.2) is 9.96 Å². The number of para-hydroxylation sites is 1. The van der Waals surface area contributed by atoms with Crippen LogP contribution in [-0.4, -0.2) is 32.1 Å². The van der Waals surface area contributed by atoms with Crippen molar-refractivity contribution < 1.29 is 23.9 Å². The Bertz CT molecular complexity index is 1270. The quantitative estimate of drug-likeness (QED) is 0.529. The predicted molar refractivity (Wildman–Crippen MR) is 128 cm³/mol. The van der Waals surface area contributed by atoms with Crippen LogP contribution in [0.15, 0.2) is 66.7 Å². The van der Waals surface area contributed by atoms with Crippen molar-refractivity contribution in [3.05, 3.63) is 83.4 Å². The highest BCUT2D eigenvalue weighted by Crippen LogP contribution is 2.50. The van der Waals surface area contributed by atoms with Gasteiger partial charge < -0.3 is 9.47 Å². The van der Waals surface area contributed by atoms with E-state index in [-0.39, 0.29) is 11.8 Å². The second-order valence-electron chi connectivity index (χ2n) is 8.57. The molecule has 2 aliphatic heterocycles. The van der Waals surface area contributed by atoms with Crippen LogP contribution in [0, 0.1) is 19.8 Å². The van der Waals surface area contributed by atoms with Crippen molar-refractivity contribution in [2.75, 3.05) is 24.2 Å². The van der Waals surface area contributed by atoms with E-state index in [1.165, 1.54) is 4.90 Å². The maximum Gasteiger partial charge on any atom is 0.266 e. The Morgan fingerprint density at radius 2 is 1.65 bits per heavy atom. The molecule has 5 rings (SSSR count). The fourth-order valence-electron chi connectivity index (χ4n) is 4.83. The summed E-state index contributed by atoms with van der Waals surface area (Å²) >= 11 is 0. The van der Waals surface area contributed by atoms with Crippen molar-refractivity contribution in [1.82, 2.24) is 0 Å². The molecule has 0 saturated carbocycles. The zero-order valence-electron chi connectivity index (χ0n) is 19.5. The molecule has 7 heteroatoms. The number of carbonyl (C=O) groups is 2. The fraction of sp³-hybridized carbons (Fsp3) is 0.259. The number of methoxy groups -OCH3 is 2. The maximum atomic E-state index is 13.8. The van der Waals surface area contributed by atoms with E-state index in [4.69, 9.17) is 14.3 Å². The monoisotopic (exact) mass is 458 g/mol. The molecular formula is C27H26N2O5. The topological polar surface area (TPSA) is 68.3 Å². The van der Waals surface area contributed by atoms with Crippen LogP contribution in [-0.2, 0) is 14.4 Å². The summed E-state index contributed by atoms with van der Waals surface area (Å²) in [5, 5.41) is 1.69. The number of fused-ring (bicyclic) bond motifs is 1. The summed E-state index contributed by atoms with van der Waals surface area (Å²) in [4.78, 5) is 34.8. The Morgan fingerprint density at radius 3 is 2.35 bits per heavy atom. The highest BCUT2D eigenvalue weighted by Gasteiger charge is 2.60. The summed E-state index contributed by atoms with van der Waals surface area (Å²) in [6.45, 7) is 3.90. The van der Waals surface area contributed by atoms with Gasteiger partial charge in [0.15, 0.2) is 6.10 Å². The molecule has 0 N–H and O–H groups in total. The molecule has 0 aliphatic carbocycles. The number of nitrogens with zero attached hydrogens (tertiary/aromatic N) is 2. The largest absolute Gasteiger partial charge is 0.497 e. The first-order chi connectivity index (χ1) is 16.4. The van der Waals surface area contributed by atoms with Crippen LogP contribution in [0.5, 0.6) is 11.5 Å². The SMILES string of the molecule is COc1ccc([C@@H]2[C@H]3C(=O)N(c4cccc(C)c4)C(=O)[C@@H]3ON2c2ccccc2C)c(OC)c1. The molecule has 0 spiro atoms. The minimum atomic E-state index is -0.940. The first kappa shape index (κ1) is 22.0. The molecule has 34 heavy (non-hydrogen) atoms. The second-order valence-corrected chi connectivity index (χ2v) is 8.57. The van der Waals surface area contributed by atoms with Crippen LogP contribution < -0.4 is 19.4 Å². The Morgan fingerprint density at radius 1 is 0.853 bits per heavy atom. The van der Waals surface area contributed by atoms with Crippen molar-refractivity contribution in [2.45, 2.75) is 26.0 Å². The average molecular weight is 459 g/mol. The lowest BCUT2D eigenvalue weighted by Gasteiger charge is -2.30. The van der Waals surface area contributed by atoms with Crippen LogP contribution in [0.4, 0.5) is 11.4 Å². The summed E-state index contributed by atoms with van der Waals surface area (Å²) in [5.41, 5.74) is 4.02. The number of benzene rings is 3. The highest BCUT2D eigenvalue weighted by molar-refractivity contribution is 6.24.